The topological polar surface area (TPSA) is 49.9 Å². The molecule has 3 fully saturated rings. The molecule has 2 heterocycles. The largest absolute Gasteiger partial charge is 0.466 e. The molecule has 2 saturated heterocycles. The molecule has 5 nitrogen and oxygen atoms in total. The molecule has 0 N–H and O–H groups in total. The summed E-state index contributed by atoms with van der Waals surface area (Å²) in [7, 11) is 0. The number of piperidine rings is 1. The molecule has 200 valence electrons. The molecule has 1 amide bonds. The third-order valence-corrected chi connectivity index (χ3v) is 8.98. The summed E-state index contributed by atoms with van der Waals surface area (Å²) in [4.78, 5) is 31.2. The molecule has 1 aliphatic carbocycles. The van der Waals surface area contributed by atoms with Crippen LogP contribution < -0.4 is 0 Å². The fourth-order valence-electron chi connectivity index (χ4n) is 6.79. The van der Waals surface area contributed by atoms with Gasteiger partial charge in [-0.3, -0.25) is 14.5 Å². The summed E-state index contributed by atoms with van der Waals surface area (Å²) < 4.78 is 34.0. The van der Waals surface area contributed by atoms with Crippen molar-refractivity contribution in [2.45, 2.75) is 84.1 Å². The van der Waals surface area contributed by atoms with E-state index in [0.717, 1.165) is 31.7 Å². The van der Waals surface area contributed by atoms with Crippen LogP contribution >= 0.6 is 0 Å². The number of carbonyl (C=O) groups is 2. The molecule has 1 unspecified atom stereocenters. The average Bonchev–Trinajstić information content (AvgIpc) is 3.30. The smallest absolute Gasteiger partial charge is 0.312 e. The van der Waals surface area contributed by atoms with Crippen molar-refractivity contribution in [3.05, 3.63) is 35.4 Å². The van der Waals surface area contributed by atoms with Gasteiger partial charge in [0.2, 0.25) is 5.91 Å². The first-order valence-electron chi connectivity index (χ1n) is 13.7. The number of likely N-dealkylation sites (tertiary alicyclic amines) is 2. The SMILES string of the molecule is CCOC(=O)C1(C2CCCCC2)CCN(C(=O)[C@@H]2CN(C(C)(C)C)CC2c2ccc(F)cc2F)CC1. The van der Waals surface area contributed by atoms with Gasteiger partial charge in [0, 0.05) is 43.7 Å². The maximum absolute atomic E-state index is 14.8. The second kappa shape index (κ2) is 10.8. The minimum atomic E-state index is -0.612. The molecule has 36 heavy (non-hydrogen) atoms. The molecule has 7 heteroatoms. The molecule has 2 aliphatic heterocycles. The Kier molecular flexibility index (Phi) is 8.08. The van der Waals surface area contributed by atoms with Crippen molar-refractivity contribution in [2.24, 2.45) is 17.3 Å². The third kappa shape index (κ3) is 5.32. The van der Waals surface area contributed by atoms with Gasteiger partial charge in [-0.2, -0.15) is 0 Å². The van der Waals surface area contributed by atoms with Crippen molar-refractivity contribution in [3.8, 4) is 0 Å². The summed E-state index contributed by atoms with van der Waals surface area (Å²) in [6.45, 7) is 10.6. The maximum atomic E-state index is 14.8. The number of esters is 1. The van der Waals surface area contributed by atoms with E-state index >= 15 is 0 Å². The van der Waals surface area contributed by atoms with E-state index in [2.05, 4.69) is 25.7 Å². The van der Waals surface area contributed by atoms with Crippen LogP contribution in [-0.4, -0.2) is 60.0 Å². The van der Waals surface area contributed by atoms with E-state index in [1.54, 1.807) is 0 Å². The van der Waals surface area contributed by atoms with E-state index in [1.807, 2.05) is 11.8 Å². The first-order chi connectivity index (χ1) is 17.1. The quantitative estimate of drug-likeness (QED) is 0.495. The molecule has 0 radical (unpaired) electrons. The Bertz CT molecular complexity index is 946. The molecule has 1 aromatic rings. The Morgan fingerprint density at radius 2 is 1.72 bits per heavy atom. The van der Waals surface area contributed by atoms with Gasteiger partial charge in [0.05, 0.1) is 17.9 Å². The number of carbonyl (C=O) groups excluding carboxylic acids is 2. The summed E-state index contributed by atoms with van der Waals surface area (Å²) in [6, 6.07) is 3.68. The lowest BCUT2D eigenvalue weighted by molar-refractivity contribution is -0.166. The normalized spacial score (nSPS) is 25.7. The lowest BCUT2D eigenvalue weighted by atomic mass is 9.63. The number of hydrogen-bond donors (Lipinski definition) is 0. The van der Waals surface area contributed by atoms with Gasteiger partial charge < -0.3 is 9.64 Å². The van der Waals surface area contributed by atoms with Gasteiger partial charge in [-0.05, 0) is 70.9 Å². The lowest BCUT2D eigenvalue weighted by Crippen LogP contribution is -2.52. The first kappa shape index (κ1) is 27.0. The van der Waals surface area contributed by atoms with Gasteiger partial charge in [0.25, 0.3) is 0 Å². The average molecular weight is 505 g/mol. The van der Waals surface area contributed by atoms with Crippen LogP contribution in [0.4, 0.5) is 8.78 Å². The molecular formula is C29H42F2N2O3. The van der Waals surface area contributed by atoms with Gasteiger partial charge in [0.1, 0.15) is 11.6 Å². The zero-order chi connectivity index (χ0) is 26.1. The highest BCUT2D eigenvalue weighted by Gasteiger charge is 2.51. The number of nitrogens with zero attached hydrogens (tertiary/aromatic N) is 2. The van der Waals surface area contributed by atoms with Crippen molar-refractivity contribution in [3.63, 3.8) is 0 Å². The van der Waals surface area contributed by atoms with Crippen LogP contribution in [0.2, 0.25) is 0 Å². The number of benzene rings is 1. The van der Waals surface area contributed by atoms with E-state index in [-0.39, 0.29) is 23.3 Å². The zero-order valence-corrected chi connectivity index (χ0v) is 22.3. The predicted octanol–water partition coefficient (Wildman–Crippen LogP) is 5.53. The highest BCUT2D eigenvalue weighted by Crippen LogP contribution is 2.47. The Morgan fingerprint density at radius 1 is 1.06 bits per heavy atom. The van der Waals surface area contributed by atoms with E-state index < -0.39 is 23.0 Å². The molecular weight excluding hydrogens is 462 g/mol. The second-order valence-electron chi connectivity index (χ2n) is 12.0. The highest BCUT2D eigenvalue weighted by atomic mass is 19.1. The van der Waals surface area contributed by atoms with Crippen LogP contribution in [-0.2, 0) is 14.3 Å². The van der Waals surface area contributed by atoms with Crippen LogP contribution in [0.1, 0.15) is 84.1 Å². The predicted molar refractivity (Wildman–Crippen MR) is 135 cm³/mol. The molecule has 2 atom stereocenters. The maximum Gasteiger partial charge on any atom is 0.312 e. The van der Waals surface area contributed by atoms with Gasteiger partial charge >= 0.3 is 5.97 Å². The van der Waals surface area contributed by atoms with Crippen LogP contribution in [0.25, 0.3) is 0 Å². The van der Waals surface area contributed by atoms with Crippen molar-refractivity contribution in [1.82, 2.24) is 9.80 Å². The van der Waals surface area contributed by atoms with E-state index in [9.17, 15) is 18.4 Å². The van der Waals surface area contributed by atoms with Gasteiger partial charge in [-0.15, -0.1) is 0 Å². The van der Waals surface area contributed by atoms with Gasteiger partial charge in [-0.25, -0.2) is 8.78 Å². The van der Waals surface area contributed by atoms with Crippen molar-refractivity contribution in [2.75, 3.05) is 32.8 Å². The van der Waals surface area contributed by atoms with Gasteiger partial charge in [0.15, 0.2) is 0 Å². The third-order valence-electron chi connectivity index (χ3n) is 8.98. The molecule has 0 bridgehead atoms. The number of halogens is 2. The molecule has 4 rings (SSSR count). The number of hydrogen-bond acceptors (Lipinski definition) is 4. The number of amides is 1. The molecule has 3 aliphatic rings. The number of rotatable bonds is 5. The van der Waals surface area contributed by atoms with Crippen LogP contribution in [0.3, 0.4) is 0 Å². The first-order valence-corrected chi connectivity index (χ1v) is 13.7. The second-order valence-corrected chi connectivity index (χ2v) is 12.0. The summed E-state index contributed by atoms with van der Waals surface area (Å²) in [5.74, 6) is -1.73. The highest BCUT2D eigenvalue weighted by molar-refractivity contribution is 5.82. The van der Waals surface area contributed by atoms with E-state index in [1.165, 1.54) is 18.6 Å². The number of ether oxygens (including phenoxy) is 1. The fourth-order valence-corrected chi connectivity index (χ4v) is 6.79. The Hall–Kier alpha value is -2.02. The van der Waals surface area contributed by atoms with Crippen molar-refractivity contribution >= 4 is 11.9 Å². The Balaban J connectivity index is 1.54. The van der Waals surface area contributed by atoms with Gasteiger partial charge in [-0.1, -0.05) is 25.3 Å². The van der Waals surface area contributed by atoms with E-state index in [0.29, 0.717) is 57.1 Å². The molecule has 1 saturated carbocycles. The van der Waals surface area contributed by atoms with Crippen molar-refractivity contribution < 1.29 is 23.1 Å². The minimum absolute atomic E-state index is 0.0107. The standard InChI is InChI=1S/C29H42F2N2O3/c1-5-36-27(35)29(20-9-7-6-8-10-20)13-15-32(16-14-29)26(34)24-19-33(28(2,3)4)18-23(24)22-12-11-21(30)17-25(22)31/h11-12,17,20,23-24H,5-10,13-16,18-19H2,1-4H3/t23?,24-/m1/s1. The monoisotopic (exact) mass is 504 g/mol. The zero-order valence-electron chi connectivity index (χ0n) is 22.3. The fraction of sp³-hybridized carbons (Fsp3) is 0.724. The van der Waals surface area contributed by atoms with Crippen LogP contribution in [0, 0.1) is 28.9 Å². The summed E-state index contributed by atoms with van der Waals surface area (Å²) in [6.07, 6.45) is 6.83. The summed E-state index contributed by atoms with van der Waals surface area (Å²) in [5, 5.41) is 0. The van der Waals surface area contributed by atoms with Crippen LogP contribution in [0.5, 0.6) is 0 Å². The van der Waals surface area contributed by atoms with Crippen molar-refractivity contribution in [1.29, 1.82) is 0 Å². The molecule has 1 aromatic carbocycles. The van der Waals surface area contributed by atoms with E-state index in [4.69, 9.17) is 4.74 Å². The Labute approximate surface area is 214 Å². The lowest BCUT2D eigenvalue weighted by Gasteiger charge is -2.46. The Morgan fingerprint density at radius 3 is 2.31 bits per heavy atom. The van der Waals surface area contributed by atoms with Crippen LogP contribution in [0.15, 0.2) is 18.2 Å². The summed E-state index contributed by atoms with van der Waals surface area (Å²) in [5.41, 5.74) is -0.282. The molecule has 0 spiro atoms. The minimum Gasteiger partial charge on any atom is -0.466 e. The molecule has 0 aromatic heterocycles. The summed E-state index contributed by atoms with van der Waals surface area (Å²) >= 11 is 0.